The molecule has 5 rings (SSSR count). The first kappa shape index (κ1) is 28.0. The first-order valence-electron chi connectivity index (χ1n) is 13.1. The van der Waals surface area contributed by atoms with E-state index in [4.69, 9.17) is 20.9 Å². The molecule has 2 aromatic carbocycles. The normalized spacial score (nSPS) is 14.6. The van der Waals surface area contributed by atoms with Gasteiger partial charge in [0.2, 0.25) is 5.95 Å². The van der Waals surface area contributed by atoms with Gasteiger partial charge in [0.1, 0.15) is 5.82 Å². The van der Waals surface area contributed by atoms with Gasteiger partial charge in [-0.05, 0) is 53.1 Å². The van der Waals surface area contributed by atoms with Gasteiger partial charge in [-0.3, -0.25) is 4.79 Å². The number of nitrogens with zero attached hydrogens (tertiary/aromatic N) is 4. The Kier molecular flexibility index (Phi) is 8.39. The van der Waals surface area contributed by atoms with Crippen molar-refractivity contribution in [2.45, 2.75) is 23.9 Å². The number of hydrogen-bond acceptors (Lipinski definition) is 10. The highest BCUT2D eigenvalue weighted by Gasteiger charge is 2.27. The molecule has 0 radical (unpaired) electrons. The van der Waals surface area contributed by atoms with Gasteiger partial charge in [-0.1, -0.05) is 30.3 Å². The number of pyridine rings is 1. The molecule has 0 saturated carbocycles. The number of benzene rings is 2. The lowest BCUT2D eigenvalue weighted by atomic mass is 9.89. The predicted molar refractivity (Wildman–Crippen MR) is 161 cm³/mol. The Morgan fingerprint density at radius 1 is 1.10 bits per heavy atom. The molecule has 1 aliphatic heterocycles. The maximum atomic E-state index is 13.7. The number of anilines is 2. The number of thioether (sulfide) groups is 1. The summed E-state index contributed by atoms with van der Waals surface area (Å²) in [6, 6.07) is 16.1. The third-order valence-electron chi connectivity index (χ3n) is 7.14. The predicted octanol–water partition coefficient (Wildman–Crippen LogP) is 4.71. The second-order valence-electron chi connectivity index (χ2n) is 9.60. The van der Waals surface area contributed by atoms with Crippen LogP contribution in [0.15, 0.2) is 78.2 Å². The van der Waals surface area contributed by atoms with Gasteiger partial charge in [0.15, 0.2) is 17.3 Å². The number of nitrogens with two attached hydrogens (primary N) is 2. The number of ketones is 1. The van der Waals surface area contributed by atoms with E-state index in [0.717, 1.165) is 29.1 Å². The van der Waals surface area contributed by atoms with Crippen LogP contribution in [0.5, 0.6) is 11.5 Å². The maximum absolute atomic E-state index is 13.7. The summed E-state index contributed by atoms with van der Waals surface area (Å²) in [7, 11) is 3.06. The minimum absolute atomic E-state index is 0.0661. The van der Waals surface area contributed by atoms with Gasteiger partial charge in [0, 0.05) is 43.2 Å². The highest BCUT2D eigenvalue weighted by Crippen LogP contribution is 2.37. The highest BCUT2D eigenvalue weighted by molar-refractivity contribution is 7.98. The van der Waals surface area contributed by atoms with Gasteiger partial charge in [-0.15, -0.1) is 11.8 Å². The van der Waals surface area contributed by atoms with E-state index in [9.17, 15) is 4.79 Å². The summed E-state index contributed by atoms with van der Waals surface area (Å²) >= 11 is 1.61. The highest BCUT2D eigenvalue weighted by atomic mass is 32.2. The summed E-state index contributed by atoms with van der Waals surface area (Å²) in [5.41, 5.74) is 17.2. The van der Waals surface area contributed by atoms with E-state index >= 15 is 0 Å². The summed E-state index contributed by atoms with van der Waals surface area (Å²) in [5, 5.41) is 0.961. The van der Waals surface area contributed by atoms with E-state index < -0.39 is 0 Å². The van der Waals surface area contributed by atoms with E-state index in [2.05, 4.69) is 50.2 Å². The molecule has 0 spiro atoms. The average Bonchev–Trinajstić information content (AvgIpc) is 3.00. The fourth-order valence-corrected chi connectivity index (χ4v) is 5.50. The summed E-state index contributed by atoms with van der Waals surface area (Å²) in [6.07, 6.45) is 10.2. The Balaban J connectivity index is 1.48. The summed E-state index contributed by atoms with van der Waals surface area (Å²) in [6.45, 7) is 0.757. The van der Waals surface area contributed by atoms with E-state index in [1.807, 2.05) is 30.8 Å². The van der Waals surface area contributed by atoms with Gasteiger partial charge < -0.3 is 25.8 Å². The molecule has 4 N–H and O–H groups in total. The third-order valence-corrected chi connectivity index (χ3v) is 7.80. The molecule has 210 valence electrons. The lowest BCUT2D eigenvalue weighted by Gasteiger charge is -2.37. The first-order chi connectivity index (χ1) is 19.9. The second kappa shape index (κ2) is 12.3. The number of methoxy groups -OCH3 is 2. The molecule has 0 saturated heterocycles. The van der Waals surface area contributed by atoms with Gasteiger partial charge in [-0.2, -0.15) is 4.98 Å². The zero-order valence-corrected chi connectivity index (χ0v) is 24.0. The third kappa shape index (κ3) is 5.97. The van der Waals surface area contributed by atoms with Crippen LogP contribution in [0, 0.1) is 0 Å². The van der Waals surface area contributed by atoms with Crippen LogP contribution in [-0.4, -0.2) is 52.7 Å². The fourth-order valence-electron chi connectivity index (χ4n) is 5.14. The summed E-state index contributed by atoms with van der Waals surface area (Å²) in [4.78, 5) is 28.6. The van der Waals surface area contributed by atoms with Crippen molar-refractivity contribution < 1.29 is 14.3 Å². The lowest BCUT2D eigenvalue weighted by molar-refractivity contribution is 0.104. The summed E-state index contributed by atoms with van der Waals surface area (Å²) < 4.78 is 11.2. The zero-order valence-electron chi connectivity index (χ0n) is 23.2. The Morgan fingerprint density at radius 2 is 1.93 bits per heavy atom. The molecule has 1 atom stereocenters. The average molecular weight is 569 g/mol. The number of hydrogen-bond donors (Lipinski definition) is 2. The van der Waals surface area contributed by atoms with Crippen molar-refractivity contribution in [3.63, 3.8) is 0 Å². The number of carbonyl (C=O) groups excluding carboxylic acids is 1. The molecule has 10 heteroatoms. The van der Waals surface area contributed by atoms with Gasteiger partial charge in [0.25, 0.3) is 0 Å². The number of rotatable bonds is 9. The molecular formula is C31H32N6O3S. The van der Waals surface area contributed by atoms with Crippen molar-refractivity contribution in [3.8, 4) is 11.5 Å². The maximum Gasteiger partial charge on any atom is 0.221 e. The number of allylic oxidation sites excluding steroid dienone is 1. The molecule has 41 heavy (non-hydrogen) atoms. The molecule has 0 fully saturated rings. The van der Waals surface area contributed by atoms with Gasteiger partial charge in [0.05, 0.1) is 30.9 Å². The van der Waals surface area contributed by atoms with E-state index in [-0.39, 0.29) is 23.6 Å². The van der Waals surface area contributed by atoms with E-state index in [0.29, 0.717) is 29.0 Å². The van der Waals surface area contributed by atoms with Crippen LogP contribution in [0.2, 0.25) is 0 Å². The Hall–Kier alpha value is -4.57. The smallest absolute Gasteiger partial charge is 0.221 e. The standard InChI is InChI=1S/C31H32N6O3S/c1-39-26-16-19(14-22-18-35-31(33)36-30(22)32)15-24(29(26)40-2)25(38)11-13-37-12-10-20-6-4-5-7-23(20)28(37)21-8-9-27(41-3)34-17-21/h4-9,11,13,15-18,28H,10,12,14H2,1-3H3,(H4,32,33,35,36). The van der Waals surface area contributed by atoms with E-state index in [1.165, 1.54) is 18.2 Å². The molecule has 0 bridgehead atoms. The van der Waals surface area contributed by atoms with Crippen molar-refractivity contribution >= 4 is 29.3 Å². The SMILES string of the molecule is COc1cc(Cc2cnc(N)nc2N)cc(C(=O)C=CN2CCc3ccccc3C2c2ccc(SC)nc2)c1OC. The molecule has 4 aromatic rings. The second-order valence-corrected chi connectivity index (χ2v) is 10.4. The number of carbonyl (C=O) groups is 1. The fraction of sp³-hybridized carbons (Fsp3) is 0.226. The monoisotopic (exact) mass is 568 g/mol. The van der Waals surface area contributed by atoms with Crippen LogP contribution < -0.4 is 20.9 Å². The van der Waals surface area contributed by atoms with Crippen molar-refractivity contribution in [1.82, 2.24) is 19.9 Å². The molecular weight excluding hydrogens is 536 g/mol. The lowest BCUT2D eigenvalue weighted by Crippen LogP contribution is -2.32. The first-order valence-corrected chi connectivity index (χ1v) is 14.3. The molecule has 3 heterocycles. The Bertz CT molecular complexity index is 1590. The largest absolute Gasteiger partial charge is 0.493 e. The van der Waals surface area contributed by atoms with Gasteiger partial charge in [-0.25, -0.2) is 9.97 Å². The Morgan fingerprint density at radius 3 is 2.63 bits per heavy atom. The van der Waals surface area contributed by atoms with Crippen LogP contribution in [0.3, 0.4) is 0 Å². The number of ether oxygens (including phenoxy) is 2. The minimum atomic E-state index is -0.211. The van der Waals surface area contributed by atoms with Crippen molar-refractivity contribution in [2.75, 3.05) is 38.5 Å². The molecule has 0 aliphatic carbocycles. The summed E-state index contributed by atoms with van der Waals surface area (Å²) in [5.74, 6) is 0.994. The van der Waals surface area contributed by atoms with Gasteiger partial charge >= 0.3 is 0 Å². The molecule has 2 aromatic heterocycles. The number of fused-ring (bicyclic) bond motifs is 1. The van der Waals surface area contributed by atoms with Crippen LogP contribution in [0.25, 0.3) is 0 Å². The molecule has 1 aliphatic rings. The molecule has 1 unspecified atom stereocenters. The minimum Gasteiger partial charge on any atom is -0.493 e. The van der Waals surface area contributed by atoms with Crippen LogP contribution >= 0.6 is 11.8 Å². The van der Waals surface area contributed by atoms with Crippen molar-refractivity contribution in [1.29, 1.82) is 0 Å². The molecule has 9 nitrogen and oxygen atoms in total. The quantitative estimate of drug-likeness (QED) is 0.166. The van der Waals surface area contributed by atoms with Crippen LogP contribution in [0.1, 0.15) is 44.2 Å². The Labute approximate surface area is 243 Å². The molecule has 0 amide bonds. The zero-order chi connectivity index (χ0) is 28.9. The number of aromatic nitrogens is 3. The van der Waals surface area contributed by atoms with Crippen LogP contribution in [-0.2, 0) is 12.8 Å². The van der Waals surface area contributed by atoms with Crippen molar-refractivity contribution in [2.24, 2.45) is 0 Å². The van der Waals surface area contributed by atoms with Crippen molar-refractivity contribution in [3.05, 3.63) is 107 Å². The van der Waals surface area contributed by atoms with E-state index in [1.54, 1.807) is 37.2 Å². The number of nitrogen functional groups attached to an aromatic ring is 2. The van der Waals surface area contributed by atoms with Crippen LogP contribution in [0.4, 0.5) is 11.8 Å². The topological polar surface area (TPSA) is 129 Å².